The lowest BCUT2D eigenvalue weighted by molar-refractivity contribution is -0.164. The van der Waals surface area contributed by atoms with Crippen LogP contribution in [0, 0.1) is 5.92 Å². The van der Waals surface area contributed by atoms with Crippen LogP contribution in [0.2, 0.25) is 0 Å². The Labute approximate surface area is 80.0 Å². The van der Waals surface area contributed by atoms with Crippen molar-refractivity contribution >= 4 is 0 Å². The lowest BCUT2D eigenvalue weighted by Gasteiger charge is -2.23. The normalized spacial score (nSPS) is 25.8. The van der Waals surface area contributed by atoms with Crippen LogP contribution in [-0.4, -0.2) is 31.2 Å². The van der Waals surface area contributed by atoms with Crippen LogP contribution < -0.4 is 0 Å². The van der Waals surface area contributed by atoms with E-state index in [0.29, 0.717) is 12.5 Å². The molecule has 3 heteroatoms. The minimum atomic E-state index is 0.0136. The van der Waals surface area contributed by atoms with Gasteiger partial charge < -0.3 is 14.6 Å². The molecule has 0 aliphatic carbocycles. The Kier molecular flexibility index (Phi) is 5.35. The Morgan fingerprint density at radius 1 is 1.54 bits per heavy atom. The number of aliphatic hydroxyl groups excluding tert-OH is 1. The van der Waals surface area contributed by atoms with Crippen LogP contribution in [-0.2, 0) is 9.47 Å². The first-order valence-electron chi connectivity index (χ1n) is 5.17. The molecule has 0 amide bonds. The van der Waals surface area contributed by atoms with Gasteiger partial charge in [-0.2, -0.15) is 0 Å². The second-order valence-corrected chi connectivity index (χ2v) is 3.74. The molecule has 1 saturated heterocycles. The van der Waals surface area contributed by atoms with E-state index in [-0.39, 0.29) is 12.9 Å². The quantitative estimate of drug-likeness (QED) is 0.711. The Hall–Kier alpha value is -0.120. The number of rotatable bonds is 5. The van der Waals surface area contributed by atoms with Crippen molar-refractivity contribution in [2.24, 2.45) is 5.92 Å². The topological polar surface area (TPSA) is 38.7 Å². The van der Waals surface area contributed by atoms with E-state index in [9.17, 15) is 0 Å². The Balaban J connectivity index is 1.98. The van der Waals surface area contributed by atoms with Crippen LogP contribution in [0.1, 0.15) is 32.6 Å². The van der Waals surface area contributed by atoms with Crippen LogP contribution in [0.15, 0.2) is 0 Å². The lowest BCUT2D eigenvalue weighted by atomic mass is 10.1. The molecule has 1 fully saturated rings. The van der Waals surface area contributed by atoms with Crippen LogP contribution >= 0.6 is 0 Å². The van der Waals surface area contributed by atoms with E-state index < -0.39 is 0 Å². The molecular formula is C10H20O3. The number of aliphatic hydroxyl groups is 1. The highest BCUT2D eigenvalue weighted by atomic mass is 16.7. The van der Waals surface area contributed by atoms with Gasteiger partial charge in [0, 0.05) is 13.2 Å². The molecule has 0 aromatic rings. The van der Waals surface area contributed by atoms with Crippen molar-refractivity contribution < 1.29 is 14.6 Å². The molecule has 1 aliphatic heterocycles. The fraction of sp³-hybridized carbons (Fsp3) is 1.00. The summed E-state index contributed by atoms with van der Waals surface area (Å²) in [4.78, 5) is 0. The first-order valence-corrected chi connectivity index (χ1v) is 5.17. The summed E-state index contributed by atoms with van der Waals surface area (Å²) in [6, 6.07) is 0. The van der Waals surface area contributed by atoms with Crippen LogP contribution in [0.3, 0.4) is 0 Å². The summed E-state index contributed by atoms with van der Waals surface area (Å²) >= 11 is 0. The van der Waals surface area contributed by atoms with Gasteiger partial charge in [-0.15, -0.1) is 0 Å². The maximum absolute atomic E-state index is 8.78. The average Bonchev–Trinajstić information content (AvgIpc) is 2.19. The summed E-state index contributed by atoms with van der Waals surface area (Å²) in [6.07, 6.45) is 4.32. The summed E-state index contributed by atoms with van der Waals surface area (Å²) in [5, 5.41) is 8.78. The molecule has 1 N–H and O–H groups in total. The van der Waals surface area contributed by atoms with Crippen LogP contribution in [0.5, 0.6) is 0 Å². The Morgan fingerprint density at radius 3 is 3.00 bits per heavy atom. The predicted molar refractivity (Wildman–Crippen MR) is 50.4 cm³/mol. The van der Waals surface area contributed by atoms with Crippen LogP contribution in [0.4, 0.5) is 0 Å². The van der Waals surface area contributed by atoms with Crippen molar-refractivity contribution in [2.45, 2.75) is 38.9 Å². The summed E-state index contributed by atoms with van der Waals surface area (Å²) in [7, 11) is 0. The minimum Gasteiger partial charge on any atom is -0.396 e. The highest BCUT2D eigenvalue weighted by Crippen LogP contribution is 2.14. The largest absolute Gasteiger partial charge is 0.396 e. The maximum atomic E-state index is 8.78. The zero-order chi connectivity index (χ0) is 9.52. The fourth-order valence-electron chi connectivity index (χ4n) is 1.33. The molecule has 0 aromatic carbocycles. The molecular weight excluding hydrogens is 168 g/mol. The average molecular weight is 188 g/mol. The lowest BCUT2D eigenvalue weighted by Crippen LogP contribution is -2.23. The van der Waals surface area contributed by atoms with Crippen molar-refractivity contribution in [1.82, 2.24) is 0 Å². The molecule has 3 nitrogen and oxygen atoms in total. The van der Waals surface area contributed by atoms with Crippen molar-refractivity contribution in [3.63, 3.8) is 0 Å². The minimum absolute atomic E-state index is 0.0136. The van der Waals surface area contributed by atoms with E-state index in [1.54, 1.807) is 0 Å². The van der Waals surface area contributed by atoms with Gasteiger partial charge in [-0.1, -0.05) is 6.92 Å². The van der Waals surface area contributed by atoms with Gasteiger partial charge in [0.15, 0.2) is 6.29 Å². The zero-order valence-corrected chi connectivity index (χ0v) is 8.37. The summed E-state index contributed by atoms with van der Waals surface area (Å²) in [6.45, 7) is 3.80. The molecule has 1 heterocycles. The van der Waals surface area contributed by atoms with Crippen LogP contribution in [0.25, 0.3) is 0 Å². The van der Waals surface area contributed by atoms with Gasteiger partial charge in [-0.05, 0) is 31.6 Å². The molecule has 0 radical (unpaired) electrons. The number of hydrogen-bond donors (Lipinski definition) is 1. The van der Waals surface area contributed by atoms with E-state index >= 15 is 0 Å². The zero-order valence-electron chi connectivity index (χ0n) is 8.37. The first kappa shape index (κ1) is 11.0. The first-order chi connectivity index (χ1) is 6.33. The van der Waals surface area contributed by atoms with E-state index in [4.69, 9.17) is 14.6 Å². The highest BCUT2D eigenvalue weighted by Gasteiger charge is 2.13. The van der Waals surface area contributed by atoms with Gasteiger partial charge in [-0.3, -0.25) is 0 Å². The van der Waals surface area contributed by atoms with Gasteiger partial charge in [0.25, 0.3) is 0 Å². The summed E-state index contributed by atoms with van der Waals surface area (Å²) in [5.74, 6) is 0.337. The third-order valence-corrected chi connectivity index (χ3v) is 2.36. The molecule has 1 rings (SSSR count). The second kappa shape index (κ2) is 6.35. The molecule has 0 unspecified atom stereocenters. The fourth-order valence-corrected chi connectivity index (χ4v) is 1.33. The standard InChI is InChI=1S/C10H20O3/c1-9(8-11)5-7-13-10-4-2-3-6-12-10/h9-11H,2-8H2,1H3/t9-,10+/m0/s1. The molecule has 0 saturated carbocycles. The molecule has 0 aromatic heterocycles. The van der Waals surface area contributed by atoms with Crippen molar-refractivity contribution in [2.75, 3.05) is 19.8 Å². The van der Waals surface area contributed by atoms with E-state index in [1.807, 2.05) is 6.92 Å². The summed E-state index contributed by atoms with van der Waals surface area (Å²) in [5.41, 5.74) is 0. The van der Waals surface area contributed by atoms with Gasteiger partial charge >= 0.3 is 0 Å². The Morgan fingerprint density at radius 2 is 2.38 bits per heavy atom. The van der Waals surface area contributed by atoms with Gasteiger partial charge in [0.05, 0.1) is 6.61 Å². The van der Waals surface area contributed by atoms with Gasteiger partial charge in [0.1, 0.15) is 0 Å². The van der Waals surface area contributed by atoms with Gasteiger partial charge in [0.2, 0.25) is 0 Å². The second-order valence-electron chi connectivity index (χ2n) is 3.74. The predicted octanol–water partition coefficient (Wildman–Crippen LogP) is 1.55. The number of ether oxygens (including phenoxy) is 2. The monoisotopic (exact) mass is 188 g/mol. The SMILES string of the molecule is C[C@H](CO)CCO[C@@H]1CCCCO1. The highest BCUT2D eigenvalue weighted by molar-refractivity contribution is 4.55. The third kappa shape index (κ3) is 4.60. The summed E-state index contributed by atoms with van der Waals surface area (Å²) < 4.78 is 10.9. The maximum Gasteiger partial charge on any atom is 0.157 e. The third-order valence-electron chi connectivity index (χ3n) is 2.36. The molecule has 13 heavy (non-hydrogen) atoms. The molecule has 1 aliphatic rings. The molecule has 0 bridgehead atoms. The van der Waals surface area contributed by atoms with E-state index in [2.05, 4.69) is 0 Å². The smallest absolute Gasteiger partial charge is 0.157 e. The van der Waals surface area contributed by atoms with Gasteiger partial charge in [-0.25, -0.2) is 0 Å². The molecule has 2 atom stereocenters. The molecule has 78 valence electrons. The van der Waals surface area contributed by atoms with E-state index in [0.717, 1.165) is 25.9 Å². The number of hydrogen-bond acceptors (Lipinski definition) is 3. The van der Waals surface area contributed by atoms with Crippen molar-refractivity contribution in [1.29, 1.82) is 0 Å². The van der Waals surface area contributed by atoms with Crippen molar-refractivity contribution in [3.05, 3.63) is 0 Å². The Bertz CT molecular complexity index is 121. The van der Waals surface area contributed by atoms with Crippen molar-refractivity contribution in [3.8, 4) is 0 Å². The van der Waals surface area contributed by atoms with E-state index in [1.165, 1.54) is 6.42 Å². The molecule has 0 spiro atoms.